The van der Waals surface area contributed by atoms with E-state index in [9.17, 15) is 29.4 Å². The van der Waals surface area contributed by atoms with Gasteiger partial charge in [0.2, 0.25) is 0 Å². The first kappa shape index (κ1) is 41.5. The number of Topliss-reactive ketones (excluding diaryl/α,β-unsaturated/α-hetero) is 1. The van der Waals surface area contributed by atoms with Gasteiger partial charge >= 0.3 is 11.9 Å². The minimum atomic E-state index is -0.906. The molecule has 2 aliphatic heterocycles. The lowest BCUT2D eigenvalue weighted by molar-refractivity contribution is -0.143. The van der Waals surface area contributed by atoms with Gasteiger partial charge in [-0.25, -0.2) is 9.97 Å². The number of carbonyl (C=O) groups excluding carboxylic acids is 2. The molecule has 2 atom stereocenters. The Balaban J connectivity index is 1.11. The van der Waals surface area contributed by atoms with Gasteiger partial charge in [0.1, 0.15) is 12.1 Å². The molecule has 16 heteroatoms. The van der Waals surface area contributed by atoms with Crippen LogP contribution in [0.25, 0.3) is 11.1 Å². The number of amides is 1. The zero-order valence-electron chi connectivity index (χ0n) is 31.5. The Morgan fingerprint density at radius 2 is 1.27 bits per heavy atom. The number of aliphatic carboxylic acids is 2. The number of aromatic nitrogens is 2. The number of aryl methyl sites for hydroxylation is 2. The fourth-order valence-corrected chi connectivity index (χ4v) is 9.38. The van der Waals surface area contributed by atoms with E-state index in [-0.39, 0.29) is 48.0 Å². The zero-order chi connectivity index (χ0) is 39.9. The zero-order valence-corrected chi connectivity index (χ0v) is 33.9. The summed E-state index contributed by atoms with van der Waals surface area (Å²) in [5.74, 6) is -2.45. The highest BCUT2D eigenvalue weighted by Gasteiger charge is 2.31. The molecule has 2 fully saturated rings. The summed E-state index contributed by atoms with van der Waals surface area (Å²) in [5, 5.41) is 30.0. The number of ether oxygens (including phenoxy) is 2. The van der Waals surface area contributed by atoms with E-state index in [1.807, 2.05) is 38.1 Å². The number of carboxylic acid groups (broad SMARTS) is 2. The molecule has 2 saturated heterocycles. The minimum absolute atomic E-state index is 0.0185. The molecule has 0 radical (unpaired) electrons. The maximum atomic E-state index is 13.5. The lowest BCUT2D eigenvalue weighted by Gasteiger charge is -2.28. The lowest BCUT2D eigenvalue weighted by Crippen LogP contribution is -2.44. The maximum absolute atomic E-state index is 13.5. The van der Waals surface area contributed by atoms with Crippen molar-refractivity contribution in [3.8, 4) is 11.1 Å². The number of hydrogen-bond acceptors (Lipinski definition) is 12. The predicted octanol–water partition coefficient (Wildman–Crippen LogP) is 6.46. The summed E-state index contributed by atoms with van der Waals surface area (Å²) in [5.41, 5.74) is 4.79. The standard InChI is InChI=1S/C40H46ClN5O8S2/c1-21-27(7-5-9-29(21)46-36(48)38-45-23(3)32(56-38)20-43-35(40(51)52)25-12-16-54-17-13-25)28-8-4-6-26(33(28)41)18-30(47)37-44-22(2)31(55-37)19-42-34(39(49)50)24-10-14-53-15-11-24/h4-9,24-25,34-35,42-43H,10-20H2,1-3H3,(H,46,48)(H,49,50)(H,51,52)/t34-,35-/m0/s1. The third-order valence-corrected chi connectivity index (χ3v) is 13.3. The van der Waals surface area contributed by atoms with Gasteiger partial charge in [0, 0.05) is 66.9 Å². The molecule has 5 N–H and O–H groups in total. The first-order valence-electron chi connectivity index (χ1n) is 18.6. The molecule has 6 rings (SSSR count). The van der Waals surface area contributed by atoms with Gasteiger partial charge in [-0.15, -0.1) is 22.7 Å². The maximum Gasteiger partial charge on any atom is 0.320 e. The third-order valence-electron chi connectivity index (χ3n) is 10.5. The molecule has 2 aliphatic rings. The van der Waals surface area contributed by atoms with Gasteiger partial charge in [-0.1, -0.05) is 41.9 Å². The van der Waals surface area contributed by atoms with Gasteiger partial charge in [-0.2, -0.15) is 0 Å². The molecular formula is C40H46ClN5O8S2. The number of carboxylic acids is 2. The minimum Gasteiger partial charge on any atom is -0.480 e. The highest BCUT2D eigenvalue weighted by Crippen LogP contribution is 2.36. The molecule has 1 amide bonds. The van der Waals surface area contributed by atoms with Gasteiger partial charge in [-0.05, 0) is 81.0 Å². The van der Waals surface area contributed by atoms with Gasteiger partial charge in [0.15, 0.2) is 15.8 Å². The fraction of sp³-hybridized carbons (Fsp3) is 0.450. The molecular weight excluding hydrogens is 778 g/mol. The predicted molar refractivity (Wildman–Crippen MR) is 215 cm³/mol. The molecule has 2 aromatic carbocycles. The molecule has 0 saturated carbocycles. The van der Waals surface area contributed by atoms with Crippen molar-refractivity contribution in [2.24, 2.45) is 11.8 Å². The number of anilines is 1. The highest BCUT2D eigenvalue weighted by atomic mass is 35.5. The molecule has 0 unspecified atom stereocenters. The van der Waals surface area contributed by atoms with E-state index in [4.69, 9.17) is 21.1 Å². The van der Waals surface area contributed by atoms with Crippen LogP contribution in [0.5, 0.6) is 0 Å². The number of thiazole rings is 2. The number of rotatable bonds is 16. The summed E-state index contributed by atoms with van der Waals surface area (Å²) in [4.78, 5) is 61.6. The summed E-state index contributed by atoms with van der Waals surface area (Å²) < 4.78 is 10.8. The van der Waals surface area contributed by atoms with E-state index in [2.05, 4.69) is 25.9 Å². The quantitative estimate of drug-likeness (QED) is 0.0777. The number of benzene rings is 2. The van der Waals surface area contributed by atoms with Gasteiger partial charge in [0.05, 0.1) is 16.4 Å². The molecule has 0 bridgehead atoms. The number of carbonyl (C=O) groups is 4. The van der Waals surface area contributed by atoms with Crippen molar-refractivity contribution < 1.29 is 38.9 Å². The number of hydrogen-bond donors (Lipinski definition) is 5. The van der Waals surface area contributed by atoms with E-state index >= 15 is 0 Å². The van der Waals surface area contributed by atoms with Crippen LogP contribution in [0, 0.1) is 32.6 Å². The summed E-state index contributed by atoms with van der Waals surface area (Å²) in [7, 11) is 0. The lowest BCUT2D eigenvalue weighted by atomic mass is 9.92. The Hall–Kier alpha value is -4.09. The number of nitrogens with one attached hydrogen (secondary N) is 3. The Labute approximate surface area is 338 Å². The Bertz CT molecular complexity index is 1930. The fourth-order valence-electron chi connectivity index (χ4n) is 7.23. The average Bonchev–Trinajstić information content (AvgIpc) is 3.75. The molecule has 0 aliphatic carbocycles. The monoisotopic (exact) mass is 823 g/mol. The van der Waals surface area contributed by atoms with Crippen molar-refractivity contribution in [3.63, 3.8) is 0 Å². The van der Waals surface area contributed by atoms with E-state index in [0.29, 0.717) is 90.3 Å². The Morgan fingerprint density at radius 3 is 1.82 bits per heavy atom. The summed E-state index contributed by atoms with van der Waals surface area (Å²) in [6, 6.07) is 9.60. The van der Waals surface area contributed by atoms with Crippen molar-refractivity contribution in [1.82, 2.24) is 20.6 Å². The van der Waals surface area contributed by atoms with Gasteiger partial charge in [0.25, 0.3) is 5.91 Å². The second-order valence-corrected chi connectivity index (χ2v) is 16.7. The first-order chi connectivity index (χ1) is 26.9. The number of ketones is 1. The summed E-state index contributed by atoms with van der Waals surface area (Å²) in [6.07, 6.45) is 2.72. The summed E-state index contributed by atoms with van der Waals surface area (Å²) >= 11 is 9.46. The molecule has 56 heavy (non-hydrogen) atoms. The van der Waals surface area contributed by atoms with Crippen molar-refractivity contribution in [2.75, 3.05) is 31.7 Å². The molecule has 13 nitrogen and oxygen atoms in total. The van der Waals surface area contributed by atoms with Crippen molar-refractivity contribution in [1.29, 1.82) is 0 Å². The molecule has 0 spiro atoms. The van der Waals surface area contributed by atoms with Crippen LogP contribution < -0.4 is 16.0 Å². The largest absolute Gasteiger partial charge is 0.480 e. The SMILES string of the molecule is Cc1nc(C(=O)Cc2cccc(-c3cccc(NC(=O)c4nc(C)c(CN[C@H](C(=O)O)C5CCOCC5)s4)c3C)c2Cl)sc1CN[C@H](C(=O)O)C1CCOCC1. The van der Waals surface area contributed by atoms with Crippen LogP contribution in [0.15, 0.2) is 36.4 Å². The molecule has 298 valence electrons. The molecule has 2 aromatic heterocycles. The topological polar surface area (TPSA) is 189 Å². The number of halogens is 1. The third kappa shape index (κ3) is 9.88. The van der Waals surface area contributed by atoms with Crippen LogP contribution in [0.2, 0.25) is 5.02 Å². The Morgan fingerprint density at radius 1 is 0.768 bits per heavy atom. The Kier molecular flexibility index (Phi) is 14.0. The van der Waals surface area contributed by atoms with Crippen LogP contribution >= 0.6 is 34.3 Å². The first-order valence-corrected chi connectivity index (χ1v) is 20.6. The second-order valence-electron chi connectivity index (χ2n) is 14.2. The van der Waals surface area contributed by atoms with E-state index in [0.717, 1.165) is 20.9 Å². The molecule has 4 aromatic rings. The summed E-state index contributed by atoms with van der Waals surface area (Å²) in [6.45, 7) is 8.25. The smallest absolute Gasteiger partial charge is 0.320 e. The number of nitrogens with zero attached hydrogens (tertiary/aromatic N) is 2. The van der Waals surface area contributed by atoms with E-state index in [1.54, 1.807) is 19.1 Å². The normalized spacial score (nSPS) is 16.4. The van der Waals surface area contributed by atoms with Crippen molar-refractivity contribution in [2.45, 2.75) is 78.0 Å². The van der Waals surface area contributed by atoms with Crippen LogP contribution in [-0.2, 0) is 38.6 Å². The van der Waals surface area contributed by atoms with Crippen LogP contribution in [0.1, 0.15) is 77.6 Å². The van der Waals surface area contributed by atoms with Gasteiger partial charge in [-0.3, -0.25) is 29.8 Å². The van der Waals surface area contributed by atoms with Crippen LogP contribution in [0.4, 0.5) is 5.69 Å². The van der Waals surface area contributed by atoms with E-state index in [1.165, 1.54) is 22.7 Å². The van der Waals surface area contributed by atoms with E-state index < -0.39 is 24.0 Å². The van der Waals surface area contributed by atoms with Crippen molar-refractivity contribution in [3.05, 3.63) is 83.7 Å². The molecule has 4 heterocycles. The second kappa shape index (κ2) is 18.9. The highest BCUT2D eigenvalue weighted by molar-refractivity contribution is 7.14. The average molecular weight is 824 g/mol. The van der Waals surface area contributed by atoms with Gasteiger partial charge < -0.3 is 25.0 Å². The van der Waals surface area contributed by atoms with Crippen LogP contribution in [-0.4, -0.2) is 82.3 Å². The van der Waals surface area contributed by atoms with Crippen molar-refractivity contribution >= 4 is 63.6 Å². The van der Waals surface area contributed by atoms with Crippen LogP contribution in [0.3, 0.4) is 0 Å².